The number of hydrogen-bond donors (Lipinski definition) is 2. The molecule has 2 atom stereocenters. The summed E-state index contributed by atoms with van der Waals surface area (Å²) in [5, 5.41) is 5.66. The highest BCUT2D eigenvalue weighted by molar-refractivity contribution is 5.96. The van der Waals surface area contributed by atoms with E-state index in [1.807, 2.05) is 42.5 Å². The van der Waals surface area contributed by atoms with Crippen molar-refractivity contribution in [3.05, 3.63) is 65.7 Å². The van der Waals surface area contributed by atoms with Gasteiger partial charge in [-0.2, -0.15) is 0 Å². The monoisotopic (exact) mass is 322 g/mol. The first-order chi connectivity index (χ1) is 11.7. The van der Waals surface area contributed by atoms with E-state index in [2.05, 4.69) is 22.8 Å². The lowest BCUT2D eigenvalue weighted by Gasteiger charge is -2.11. The van der Waals surface area contributed by atoms with Gasteiger partial charge in [0.15, 0.2) is 0 Å². The number of rotatable bonds is 6. The van der Waals surface area contributed by atoms with Gasteiger partial charge < -0.3 is 10.6 Å². The molecule has 2 aromatic rings. The fourth-order valence-electron chi connectivity index (χ4n) is 3.01. The summed E-state index contributed by atoms with van der Waals surface area (Å²) in [6, 6.07) is 17.9. The number of hydrogen-bond acceptors (Lipinski definition) is 2. The summed E-state index contributed by atoms with van der Waals surface area (Å²) in [6.07, 6.45) is 1.93. The number of nitrogens with one attached hydrogen (secondary N) is 2. The first-order valence-corrected chi connectivity index (χ1v) is 8.33. The molecule has 0 bridgehead atoms. The van der Waals surface area contributed by atoms with Crippen LogP contribution in [0.15, 0.2) is 54.6 Å². The largest absolute Gasteiger partial charge is 0.359 e. The number of carbonyl (C=O) groups is 2. The predicted molar refractivity (Wildman–Crippen MR) is 94.7 cm³/mol. The van der Waals surface area contributed by atoms with Crippen LogP contribution in [0.2, 0.25) is 0 Å². The first kappa shape index (κ1) is 16.2. The SMILES string of the molecule is CNC(=O)CCc1ccccc1NC(=O)[C@@H]1C[C@H]1c1ccccc1. The molecule has 4 nitrogen and oxygen atoms in total. The van der Waals surface area contributed by atoms with Crippen molar-refractivity contribution in [1.82, 2.24) is 5.32 Å². The normalized spacial score (nSPS) is 18.7. The first-order valence-electron chi connectivity index (χ1n) is 8.33. The van der Waals surface area contributed by atoms with Crippen molar-refractivity contribution in [3.63, 3.8) is 0 Å². The maximum Gasteiger partial charge on any atom is 0.228 e. The van der Waals surface area contributed by atoms with Crippen molar-refractivity contribution in [2.45, 2.75) is 25.2 Å². The summed E-state index contributed by atoms with van der Waals surface area (Å²) in [5.74, 6) is 0.433. The summed E-state index contributed by atoms with van der Waals surface area (Å²) in [6.45, 7) is 0. The summed E-state index contributed by atoms with van der Waals surface area (Å²) < 4.78 is 0. The van der Waals surface area contributed by atoms with Gasteiger partial charge in [-0.1, -0.05) is 48.5 Å². The molecule has 0 spiro atoms. The molecule has 3 rings (SSSR count). The third-order valence-corrected chi connectivity index (χ3v) is 4.53. The molecule has 2 N–H and O–H groups in total. The number of benzene rings is 2. The van der Waals surface area contributed by atoms with Crippen molar-refractivity contribution in [2.75, 3.05) is 12.4 Å². The van der Waals surface area contributed by atoms with E-state index in [1.165, 1.54) is 5.56 Å². The Morgan fingerprint density at radius 1 is 1.04 bits per heavy atom. The molecule has 1 saturated carbocycles. The maximum atomic E-state index is 12.5. The molecule has 1 aliphatic rings. The van der Waals surface area contributed by atoms with Gasteiger partial charge in [-0.15, -0.1) is 0 Å². The molecule has 2 amide bonds. The minimum atomic E-state index is 0.00228. The fraction of sp³-hybridized carbons (Fsp3) is 0.300. The van der Waals surface area contributed by atoms with Crippen LogP contribution in [0.3, 0.4) is 0 Å². The second-order valence-corrected chi connectivity index (χ2v) is 6.18. The number of aryl methyl sites for hydroxylation is 1. The average molecular weight is 322 g/mol. The Morgan fingerprint density at radius 3 is 2.50 bits per heavy atom. The lowest BCUT2D eigenvalue weighted by atomic mass is 10.1. The van der Waals surface area contributed by atoms with Crippen molar-refractivity contribution < 1.29 is 9.59 Å². The molecule has 1 fully saturated rings. The van der Waals surface area contributed by atoms with Crippen LogP contribution in [0.5, 0.6) is 0 Å². The van der Waals surface area contributed by atoms with Crippen molar-refractivity contribution in [2.24, 2.45) is 5.92 Å². The van der Waals surface area contributed by atoms with E-state index >= 15 is 0 Å². The number of amides is 2. The van der Waals surface area contributed by atoms with Crippen LogP contribution >= 0.6 is 0 Å². The van der Waals surface area contributed by atoms with Crippen LogP contribution in [0.25, 0.3) is 0 Å². The van der Waals surface area contributed by atoms with Gasteiger partial charge in [-0.3, -0.25) is 9.59 Å². The van der Waals surface area contributed by atoms with E-state index in [1.54, 1.807) is 7.05 Å². The predicted octanol–water partition coefficient (Wildman–Crippen LogP) is 3.11. The van der Waals surface area contributed by atoms with Gasteiger partial charge in [0.1, 0.15) is 0 Å². The van der Waals surface area contributed by atoms with Gasteiger partial charge in [-0.05, 0) is 36.0 Å². The summed E-state index contributed by atoms with van der Waals surface area (Å²) in [5.41, 5.74) is 3.03. The average Bonchev–Trinajstić information content (AvgIpc) is 3.42. The molecule has 0 aliphatic heterocycles. The molecule has 1 aliphatic carbocycles. The molecule has 24 heavy (non-hydrogen) atoms. The second kappa shape index (κ2) is 7.30. The Balaban J connectivity index is 1.62. The number of para-hydroxylation sites is 1. The van der Waals surface area contributed by atoms with E-state index in [0.29, 0.717) is 18.8 Å². The topological polar surface area (TPSA) is 58.2 Å². The van der Waals surface area contributed by atoms with Crippen LogP contribution in [-0.4, -0.2) is 18.9 Å². The Hall–Kier alpha value is -2.62. The Labute approximate surface area is 142 Å². The molecule has 4 heteroatoms. The van der Waals surface area contributed by atoms with Crippen LogP contribution < -0.4 is 10.6 Å². The summed E-state index contributed by atoms with van der Waals surface area (Å²) in [7, 11) is 1.63. The van der Waals surface area contributed by atoms with Gasteiger partial charge in [0.25, 0.3) is 0 Å². The highest BCUT2D eigenvalue weighted by atomic mass is 16.2. The van der Waals surface area contributed by atoms with Gasteiger partial charge in [0.2, 0.25) is 11.8 Å². The fourth-order valence-corrected chi connectivity index (χ4v) is 3.01. The smallest absolute Gasteiger partial charge is 0.228 e. The molecule has 0 unspecified atom stereocenters. The van der Waals surface area contributed by atoms with Crippen molar-refractivity contribution >= 4 is 17.5 Å². The molecule has 124 valence electrons. The summed E-state index contributed by atoms with van der Waals surface area (Å²) in [4.78, 5) is 24.0. The molecule has 0 radical (unpaired) electrons. The molecule has 0 heterocycles. The van der Waals surface area contributed by atoms with E-state index in [-0.39, 0.29) is 17.7 Å². The number of anilines is 1. The van der Waals surface area contributed by atoms with Crippen LogP contribution in [-0.2, 0) is 16.0 Å². The third-order valence-electron chi connectivity index (χ3n) is 4.53. The van der Waals surface area contributed by atoms with Gasteiger partial charge in [0.05, 0.1) is 0 Å². The van der Waals surface area contributed by atoms with Gasteiger partial charge in [-0.25, -0.2) is 0 Å². The lowest BCUT2D eigenvalue weighted by molar-refractivity contribution is -0.120. The zero-order valence-corrected chi connectivity index (χ0v) is 13.8. The minimum absolute atomic E-state index is 0.00228. The zero-order valence-electron chi connectivity index (χ0n) is 13.8. The van der Waals surface area contributed by atoms with E-state index in [4.69, 9.17) is 0 Å². The maximum absolute atomic E-state index is 12.5. The van der Waals surface area contributed by atoms with E-state index < -0.39 is 0 Å². The lowest BCUT2D eigenvalue weighted by Crippen LogP contribution is -2.19. The number of carbonyl (C=O) groups excluding carboxylic acids is 2. The minimum Gasteiger partial charge on any atom is -0.359 e. The van der Waals surface area contributed by atoms with Crippen LogP contribution in [0.4, 0.5) is 5.69 Å². The van der Waals surface area contributed by atoms with Crippen LogP contribution in [0, 0.1) is 5.92 Å². The Morgan fingerprint density at radius 2 is 1.75 bits per heavy atom. The molecular weight excluding hydrogens is 300 g/mol. The van der Waals surface area contributed by atoms with Crippen molar-refractivity contribution in [3.8, 4) is 0 Å². The molecule has 0 aromatic heterocycles. The van der Waals surface area contributed by atoms with Crippen molar-refractivity contribution in [1.29, 1.82) is 0 Å². The third kappa shape index (κ3) is 3.82. The standard InChI is InChI=1S/C20H22N2O2/c1-21-19(23)12-11-15-9-5-6-10-18(15)22-20(24)17-13-16(17)14-7-3-2-4-8-14/h2-10,16-17H,11-13H2,1H3,(H,21,23)(H,22,24)/t16-,17+/m0/s1. The Bertz CT molecular complexity index is 727. The molecule has 0 saturated heterocycles. The molecular formula is C20H22N2O2. The Kier molecular flexibility index (Phi) is 4.94. The molecule has 2 aromatic carbocycles. The van der Waals surface area contributed by atoms with Crippen LogP contribution in [0.1, 0.15) is 29.9 Å². The summed E-state index contributed by atoms with van der Waals surface area (Å²) >= 11 is 0. The quantitative estimate of drug-likeness (QED) is 0.858. The highest BCUT2D eigenvalue weighted by Gasteiger charge is 2.43. The van der Waals surface area contributed by atoms with E-state index in [0.717, 1.165) is 17.7 Å². The highest BCUT2D eigenvalue weighted by Crippen LogP contribution is 2.47. The van der Waals surface area contributed by atoms with Gasteiger partial charge >= 0.3 is 0 Å². The zero-order chi connectivity index (χ0) is 16.9. The second-order valence-electron chi connectivity index (χ2n) is 6.18. The van der Waals surface area contributed by atoms with Gasteiger partial charge in [0, 0.05) is 25.1 Å². The van der Waals surface area contributed by atoms with E-state index in [9.17, 15) is 9.59 Å².